The van der Waals surface area contributed by atoms with E-state index < -0.39 is 57.7 Å². The lowest BCUT2D eigenvalue weighted by molar-refractivity contribution is -0.152. The summed E-state index contributed by atoms with van der Waals surface area (Å²) in [5.74, 6) is -15.3. The molecule has 28 heavy (non-hydrogen) atoms. The van der Waals surface area contributed by atoms with Gasteiger partial charge in [-0.1, -0.05) is 0 Å². The molecule has 0 unspecified atom stereocenters. The molecule has 1 amide bonds. The van der Waals surface area contributed by atoms with Crippen LogP contribution >= 0.6 is 0 Å². The Balaban J connectivity index is 2.88. The predicted molar refractivity (Wildman–Crippen MR) is 84.2 cm³/mol. The van der Waals surface area contributed by atoms with Crippen molar-refractivity contribution in [1.82, 2.24) is 5.54 Å². The maximum atomic E-state index is 13.6. The van der Waals surface area contributed by atoms with E-state index in [4.69, 9.17) is 4.74 Å². The van der Waals surface area contributed by atoms with Crippen LogP contribution in [0.1, 0.15) is 40.5 Å². The Morgan fingerprint density at radius 3 is 1.82 bits per heavy atom. The van der Waals surface area contributed by atoms with Gasteiger partial charge in [0, 0.05) is 6.42 Å². The van der Waals surface area contributed by atoms with Crippen molar-refractivity contribution < 1.29 is 45.5 Å². The van der Waals surface area contributed by atoms with Crippen molar-refractivity contribution in [3.8, 4) is 5.75 Å². The number of hydrogen-bond donors (Lipinski definition) is 1. The molecule has 1 rings (SSSR count). The van der Waals surface area contributed by atoms with Crippen molar-refractivity contribution in [1.29, 1.82) is 0 Å². The van der Waals surface area contributed by atoms with Crippen LogP contribution in [0.15, 0.2) is 0 Å². The zero-order valence-corrected chi connectivity index (χ0v) is 15.5. The normalized spacial score (nSPS) is 12.1. The summed E-state index contributed by atoms with van der Waals surface area (Å²) in [5.41, 5.74) is -1.60. The number of esters is 1. The molecule has 0 aliphatic heterocycles. The molecule has 0 aromatic heterocycles. The van der Waals surface area contributed by atoms with Gasteiger partial charge in [0.05, 0.1) is 17.6 Å². The van der Waals surface area contributed by atoms with Crippen LogP contribution < -0.4 is 10.3 Å². The third-order valence-corrected chi connectivity index (χ3v) is 3.80. The van der Waals surface area contributed by atoms with Crippen molar-refractivity contribution in [2.45, 2.75) is 46.1 Å². The van der Waals surface area contributed by atoms with E-state index in [1.807, 2.05) is 0 Å². The second-order valence-corrected chi connectivity index (χ2v) is 7.24. The molecule has 1 aromatic carbocycles. The topological polar surface area (TPSA) is 64.6 Å². The highest BCUT2D eigenvalue weighted by atomic mass is 19.2. The number of ether oxygens (including phenoxy) is 2. The van der Waals surface area contributed by atoms with Gasteiger partial charge >= 0.3 is 5.97 Å². The van der Waals surface area contributed by atoms with Crippen LogP contribution in [-0.2, 0) is 14.3 Å². The van der Waals surface area contributed by atoms with E-state index in [0.29, 0.717) is 0 Å². The second-order valence-electron chi connectivity index (χ2n) is 7.24. The molecule has 0 aliphatic carbocycles. The summed E-state index contributed by atoms with van der Waals surface area (Å²) in [5, 5.41) is 0. The molecule has 0 bridgehead atoms. The van der Waals surface area contributed by atoms with Crippen LogP contribution in [-0.4, -0.2) is 24.1 Å². The number of carbonyl (C=O) groups is 2. The number of amides is 1. The predicted octanol–water partition coefficient (Wildman–Crippen LogP) is 3.89. The van der Waals surface area contributed by atoms with Gasteiger partial charge in [-0.3, -0.25) is 9.59 Å². The summed E-state index contributed by atoms with van der Waals surface area (Å²) in [6.45, 7) is 5.22. The number of nitrogens with one attached hydrogen (secondary N) is 1. The summed E-state index contributed by atoms with van der Waals surface area (Å²) in [6.07, 6.45) is -0.134. The number of carbonyl (C=O) groups excluding carboxylic acids is 2. The maximum absolute atomic E-state index is 13.6. The Bertz CT molecular complexity index is 737. The largest absolute Gasteiger partial charge is 0.420 e. The third-order valence-electron chi connectivity index (χ3n) is 3.80. The summed E-state index contributed by atoms with van der Waals surface area (Å²) >= 11 is 0. The van der Waals surface area contributed by atoms with Crippen molar-refractivity contribution in [2.75, 3.05) is 6.61 Å². The highest BCUT2D eigenvalue weighted by molar-refractivity contribution is 5.78. The van der Waals surface area contributed by atoms with Gasteiger partial charge in [0.2, 0.25) is 40.7 Å². The molecular formula is C17H19F6NO4. The lowest BCUT2D eigenvalue weighted by Gasteiger charge is -2.30. The third kappa shape index (κ3) is 5.60. The number of halogens is 6. The van der Waals surface area contributed by atoms with Gasteiger partial charge in [-0.2, -0.15) is 14.3 Å². The van der Waals surface area contributed by atoms with Gasteiger partial charge in [-0.25, -0.2) is 13.2 Å². The maximum Gasteiger partial charge on any atom is 0.319 e. The van der Waals surface area contributed by atoms with E-state index in [-0.39, 0.29) is 19.4 Å². The first-order valence-electron chi connectivity index (χ1n) is 8.00. The fraction of sp³-hybridized carbons (Fsp3) is 0.529. The van der Waals surface area contributed by atoms with Crippen LogP contribution in [0.2, 0.25) is 0 Å². The second kappa shape index (κ2) is 8.80. The van der Waals surface area contributed by atoms with E-state index in [2.05, 4.69) is 4.74 Å². The molecule has 0 atom stereocenters. The zero-order chi connectivity index (χ0) is 21.9. The Labute approximate surface area is 156 Å². The Kier molecular flexibility index (Phi) is 7.46. The summed E-state index contributed by atoms with van der Waals surface area (Å²) < 4.78 is 88.5. The van der Waals surface area contributed by atoms with Gasteiger partial charge in [-0.15, -0.1) is 4.48 Å². The minimum atomic E-state index is -2.38. The van der Waals surface area contributed by atoms with Crippen molar-refractivity contribution in [3.05, 3.63) is 29.1 Å². The van der Waals surface area contributed by atoms with Crippen LogP contribution in [0.5, 0.6) is 5.75 Å². The van der Waals surface area contributed by atoms with Gasteiger partial charge in [0.15, 0.2) is 0 Å². The molecule has 0 spiro atoms. The zero-order valence-electron chi connectivity index (χ0n) is 15.5. The molecule has 1 N–H and O–H groups in total. The average molecular weight is 415 g/mol. The Morgan fingerprint density at radius 2 is 1.36 bits per heavy atom. The Morgan fingerprint density at radius 1 is 0.893 bits per heavy atom. The van der Waals surface area contributed by atoms with Gasteiger partial charge in [0.1, 0.15) is 0 Å². The van der Waals surface area contributed by atoms with E-state index >= 15 is 0 Å². The van der Waals surface area contributed by atoms with Gasteiger partial charge < -0.3 is 9.47 Å². The van der Waals surface area contributed by atoms with Crippen molar-refractivity contribution in [3.63, 3.8) is 0 Å². The Hall–Kier alpha value is -2.30. The lowest BCUT2D eigenvalue weighted by atomic mass is 9.94. The van der Waals surface area contributed by atoms with E-state index in [1.54, 1.807) is 13.8 Å². The average Bonchev–Trinajstić information content (AvgIpc) is 2.64. The first kappa shape index (κ1) is 23.7. The van der Waals surface area contributed by atoms with Gasteiger partial charge in [-0.05, 0) is 34.1 Å². The van der Waals surface area contributed by atoms with Crippen molar-refractivity contribution >= 4 is 11.9 Å². The van der Waals surface area contributed by atoms with E-state index in [9.17, 15) is 36.0 Å². The monoisotopic (exact) mass is 415 g/mol. The smallest absolute Gasteiger partial charge is 0.319 e. The standard InChI is InChI=1S/C17H19F6NO4/c1-16(2,7-27-17(3,4)6-5-8(25)24-23)15(26)28-14-12(21)10(19)9(18)11(20)13(14)22/h5-7H2,1-4H3,(H,24,25). The number of benzene rings is 1. The molecule has 0 radical (unpaired) electrons. The molecule has 0 saturated carbocycles. The van der Waals surface area contributed by atoms with E-state index in [1.165, 1.54) is 13.8 Å². The highest BCUT2D eigenvalue weighted by Gasteiger charge is 2.36. The van der Waals surface area contributed by atoms with Crippen LogP contribution in [0.25, 0.3) is 0 Å². The summed E-state index contributed by atoms with van der Waals surface area (Å²) in [7, 11) is 0. The molecule has 158 valence electrons. The fourth-order valence-corrected chi connectivity index (χ4v) is 1.87. The number of hydrogen-bond acceptors (Lipinski definition) is 4. The highest BCUT2D eigenvalue weighted by Crippen LogP contribution is 2.31. The molecule has 11 heteroatoms. The van der Waals surface area contributed by atoms with Crippen LogP contribution in [0.4, 0.5) is 26.4 Å². The first-order valence-corrected chi connectivity index (χ1v) is 8.00. The van der Waals surface area contributed by atoms with Crippen LogP contribution in [0, 0.1) is 34.5 Å². The minimum absolute atomic E-state index is 0.0749. The minimum Gasteiger partial charge on any atom is -0.420 e. The van der Waals surface area contributed by atoms with Crippen molar-refractivity contribution in [2.24, 2.45) is 5.41 Å². The molecule has 0 fully saturated rings. The molecular weight excluding hydrogens is 396 g/mol. The quantitative estimate of drug-likeness (QED) is 0.175. The summed E-state index contributed by atoms with van der Waals surface area (Å²) in [4.78, 5) is 23.1. The summed E-state index contributed by atoms with van der Waals surface area (Å²) in [6, 6.07) is 0. The molecule has 0 aliphatic rings. The first-order chi connectivity index (χ1) is 12.7. The van der Waals surface area contributed by atoms with E-state index in [0.717, 1.165) is 5.54 Å². The lowest BCUT2D eigenvalue weighted by Crippen LogP contribution is -2.38. The molecule has 0 saturated heterocycles. The molecule has 1 aromatic rings. The molecule has 5 nitrogen and oxygen atoms in total. The number of rotatable bonds is 8. The SMILES string of the molecule is CC(C)(CCC(=O)NF)OCC(C)(C)C(=O)Oc1c(F)c(F)c(F)c(F)c1F. The fourth-order valence-electron chi connectivity index (χ4n) is 1.87. The van der Waals surface area contributed by atoms with Crippen LogP contribution in [0.3, 0.4) is 0 Å². The molecule has 0 heterocycles. The van der Waals surface area contributed by atoms with Gasteiger partial charge in [0.25, 0.3) is 0 Å².